The molecule has 1 saturated heterocycles. The lowest BCUT2D eigenvalue weighted by Gasteiger charge is -2.38. The molecule has 90 valence electrons. The molecule has 1 fully saturated rings. The monoisotopic (exact) mass is 229 g/mol. The lowest BCUT2D eigenvalue weighted by atomic mass is 9.74. The molecule has 0 unspecified atom stereocenters. The maximum absolute atomic E-state index is 11.5. The highest BCUT2D eigenvalue weighted by molar-refractivity contribution is 5.68. The maximum Gasteiger partial charge on any atom is 0.130 e. The molecule has 1 aliphatic rings. The van der Waals surface area contributed by atoms with Crippen molar-refractivity contribution in [3.05, 3.63) is 48.6 Å². The second-order valence-electron chi connectivity index (χ2n) is 4.73. The van der Waals surface area contributed by atoms with Crippen LogP contribution in [-0.4, -0.2) is 30.8 Å². The Kier molecular flexibility index (Phi) is 3.75. The molecule has 0 amide bonds. The molecule has 0 atom stereocenters. The second-order valence-corrected chi connectivity index (χ2v) is 4.73. The largest absolute Gasteiger partial charge is 0.302 e. The number of hydrogen-bond donors (Lipinski definition) is 0. The van der Waals surface area contributed by atoms with Crippen molar-refractivity contribution in [2.75, 3.05) is 19.6 Å². The van der Waals surface area contributed by atoms with Crippen LogP contribution in [-0.2, 0) is 10.2 Å². The molecule has 17 heavy (non-hydrogen) atoms. The predicted octanol–water partition coefficient (Wildman–Crippen LogP) is 2.41. The van der Waals surface area contributed by atoms with Gasteiger partial charge in [-0.15, -0.1) is 6.58 Å². The molecule has 0 N–H and O–H groups in total. The number of nitrogens with zero attached hydrogens (tertiary/aromatic N) is 1. The summed E-state index contributed by atoms with van der Waals surface area (Å²) in [7, 11) is 0. The number of benzene rings is 1. The Bertz CT molecular complexity index is 377. The van der Waals surface area contributed by atoms with Gasteiger partial charge in [0.05, 0.1) is 5.41 Å². The zero-order chi connectivity index (χ0) is 12.1. The Morgan fingerprint density at radius 1 is 1.24 bits per heavy atom. The van der Waals surface area contributed by atoms with Crippen molar-refractivity contribution in [2.45, 2.75) is 18.3 Å². The smallest absolute Gasteiger partial charge is 0.130 e. The lowest BCUT2D eigenvalue weighted by molar-refractivity contribution is -0.114. The van der Waals surface area contributed by atoms with Gasteiger partial charge in [0, 0.05) is 6.54 Å². The van der Waals surface area contributed by atoms with E-state index in [0.29, 0.717) is 0 Å². The third-order valence-corrected chi connectivity index (χ3v) is 3.71. The molecule has 0 spiro atoms. The number of carbonyl (C=O) groups excluding carboxylic acids is 1. The van der Waals surface area contributed by atoms with Crippen LogP contribution in [0.4, 0.5) is 0 Å². The predicted molar refractivity (Wildman–Crippen MR) is 70.1 cm³/mol. The summed E-state index contributed by atoms with van der Waals surface area (Å²) in [6.07, 6.45) is 4.90. The summed E-state index contributed by atoms with van der Waals surface area (Å²) in [6.45, 7) is 6.62. The zero-order valence-corrected chi connectivity index (χ0v) is 10.1. The molecule has 0 radical (unpaired) electrons. The molecule has 1 aromatic rings. The maximum atomic E-state index is 11.5. The number of piperidine rings is 1. The Morgan fingerprint density at radius 3 is 2.41 bits per heavy atom. The van der Waals surface area contributed by atoms with Crippen LogP contribution in [0, 0.1) is 0 Å². The number of likely N-dealkylation sites (tertiary alicyclic amines) is 1. The second kappa shape index (κ2) is 5.28. The first-order chi connectivity index (χ1) is 8.30. The fraction of sp³-hybridized carbons (Fsp3) is 0.400. The van der Waals surface area contributed by atoms with Gasteiger partial charge in [0.15, 0.2) is 0 Å². The van der Waals surface area contributed by atoms with Gasteiger partial charge in [0.1, 0.15) is 6.29 Å². The number of carbonyl (C=O) groups is 1. The summed E-state index contributed by atoms with van der Waals surface area (Å²) in [4.78, 5) is 13.9. The third-order valence-electron chi connectivity index (χ3n) is 3.71. The van der Waals surface area contributed by atoms with Gasteiger partial charge in [-0.2, -0.15) is 0 Å². The highest BCUT2D eigenvalue weighted by Crippen LogP contribution is 2.33. The minimum Gasteiger partial charge on any atom is -0.302 e. The fourth-order valence-electron chi connectivity index (χ4n) is 2.56. The van der Waals surface area contributed by atoms with Gasteiger partial charge in [-0.05, 0) is 31.5 Å². The Morgan fingerprint density at radius 2 is 1.88 bits per heavy atom. The Labute approximate surface area is 103 Å². The van der Waals surface area contributed by atoms with E-state index in [9.17, 15) is 4.79 Å². The number of rotatable bonds is 4. The van der Waals surface area contributed by atoms with E-state index >= 15 is 0 Å². The summed E-state index contributed by atoms with van der Waals surface area (Å²) in [5.74, 6) is 0. The van der Waals surface area contributed by atoms with E-state index in [1.165, 1.54) is 0 Å². The molecule has 2 rings (SSSR count). The van der Waals surface area contributed by atoms with Crippen molar-refractivity contribution in [3.8, 4) is 0 Å². The molecule has 1 heterocycles. The number of aldehydes is 1. The molecule has 0 aromatic heterocycles. The van der Waals surface area contributed by atoms with Crippen molar-refractivity contribution in [1.82, 2.24) is 4.90 Å². The van der Waals surface area contributed by atoms with Gasteiger partial charge in [-0.3, -0.25) is 4.90 Å². The van der Waals surface area contributed by atoms with E-state index < -0.39 is 0 Å². The first-order valence-corrected chi connectivity index (χ1v) is 6.16. The van der Waals surface area contributed by atoms with Crippen molar-refractivity contribution >= 4 is 6.29 Å². The zero-order valence-electron chi connectivity index (χ0n) is 10.1. The van der Waals surface area contributed by atoms with Gasteiger partial charge in [-0.1, -0.05) is 36.4 Å². The van der Waals surface area contributed by atoms with Crippen LogP contribution in [0.15, 0.2) is 43.0 Å². The SMILES string of the molecule is C=CCN1CCC(C=O)(c2ccccc2)CC1. The molecule has 0 bridgehead atoms. The fourth-order valence-corrected chi connectivity index (χ4v) is 2.56. The van der Waals surface area contributed by atoms with E-state index in [4.69, 9.17) is 0 Å². The Hall–Kier alpha value is -1.41. The van der Waals surface area contributed by atoms with Crippen LogP contribution < -0.4 is 0 Å². The lowest BCUT2D eigenvalue weighted by Crippen LogP contribution is -2.43. The van der Waals surface area contributed by atoms with E-state index in [-0.39, 0.29) is 5.41 Å². The highest BCUT2D eigenvalue weighted by Gasteiger charge is 2.35. The normalized spacial score (nSPS) is 19.8. The average Bonchev–Trinajstić information content (AvgIpc) is 2.41. The van der Waals surface area contributed by atoms with Crippen LogP contribution in [0.5, 0.6) is 0 Å². The highest BCUT2D eigenvalue weighted by atomic mass is 16.1. The van der Waals surface area contributed by atoms with Gasteiger partial charge in [-0.25, -0.2) is 0 Å². The molecule has 0 aliphatic carbocycles. The van der Waals surface area contributed by atoms with Crippen LogP contribution in [0.1, 0.15) is 18.4 Å². The summed E-state index contributed by atoms with van der Waals surface area (Å²) in [5.41, 5.74) is 0.895. The third kappa shape index (κ3) is 2.47. The van der Waals surface area contributed by atoms with Crippen molar-refractivity contribution in [1.29, 1.82) is 0 Å². The van der Waals surface area contributed by atoms with Crippen LogP contribution in [0.3, 0.4) is 0 Å². The minimum absolute atomic E-state index is 0.265. The summed E-state index contributed by atoms with van der Waals surface area (Å²) < 4.78 is 0. The first kappa shape index (κ1) is 12.1. The van der Waals surface area contributed by atoms with Crippen molar-refractivity contribution in [2.24, 2.45) is 0 Å². The van der Waals surface area contributed by atoms with E-state index in [0.717, 1.165) is 44.3 Å². The molecule has 1 aromatic carbocycles. The number of hydrogen-bond acceptors (Lipinski definition) is 2. The van der Waals surface area contributed by atoms with Crippen LogP contribution >= 0.6 is 0 Å². The molecule has 0 saturated carbocycles. The molecule has 1 aliphatic heterocycles. The minimum atomic E-state index is -0.265. The van der Waals surface area contributed by atoms with Crippen LogP contribution in [0.25, 0.3) is 0 Å². The van der Waals surface area contributed by atoms with Crippen molar-refractivity contribution in [3.63, 3.8) is 0 Å². The molecule has 2 nitrogen and oxygen atoms in total. The molecule has 2 heteroatoms. The quantitative estimate of drug-likeness (QED) is 0.583. The standard InChI is InChI=1S/C15H19NO/c1-2-10-16-11-8-15(13-17,9-12-16)14-6-4-3-5-7-14/h2-7,13H,1,8-12H2. The van der Waals surface area contributed by atoms with E-state index in [1.807, 2.05) is 24.3 Å². The molecular weight excluding hydrogens is 210 g/mol. The van der Waals surface area contributed by atoms with Gasteiger partial charge in [0.2, 0.25) is 0 Å². The van der Waals surface area contributed by atoms with Gasteiger partial charge < -0.3 is 4.79 Å². The van der Waals surface area contributed by atoms with Gasteiger partial charge >= 0.3 is 0 Å². The molecular formula is C15H19NO. The van der Waals surface area contributed by atoms with Crippen LogP contribution in [0.2, 0.25) is 0 Å². The summed E-state index contributed by atoms with van der Waals surface area (Å²) in [5, 5.41) is 0. The topological polar surface area (TPSA) is 20.3 Å². The summed E-state index contributed by atoms with van der Waals surface area (Å²) >= 11 is 0. The van der Waals surface area contributed by atoms with Gasteiger partial charge in [0.25, 0.3) is 0 Å². The first-order valence-electron chi connectivity index (χ1n) is 6.16. The Balaban J connectivity index is 2.13. The summed E-state index contributed by atoms with van der Waals surface area (Å²) in [6, 6.07) is 10.2. The van der Waals surface area contributed by atoms with E-state index in [2.05, 4.69) is 23.6 Å². The van der Waals surface area contributed by atoms with Crippen molar-refractivity contribution < 1.29 is 4.79 Å². The average molecular weight is 229 g/mol. The van der Waals surface area contributed by atoms with E-state index in [1.54, 1.807) is 0 Å².